The number of aromatic nitrogens is 2. The molecule has 0 spiro atoms. The molecule has 2 N–H and O–H groups in total. The molecule has 1 aliphatic carbocycles. The minimum atomic E-state index is -1.05. The predicted octanol–water partition coefficient (Wildman–Crippen LogP) is 2.48. The first kappa shape index (κ1) is 12.5. The maximum atomic E-state index is 10.7. The molecule has 5 nitrogen and oxygen atoms in total. The highest BCUT2D eigenvalue weighted by Crippen LogP contribution is 2.19. The maximum absolute atomic E-state index is 10.7. The van der Waals surface area contributed by atoms with Crippen molar-refractivity contribution in [1.29, 1.82) is 0 Å². The Bertz CT molecular complexity index is 457. The number of hydrogen-bond donors (Lipinski definition) is 2. The smallest absolute Gasteiger partial charge is 0.356 e. The quantitative estimate of drug-likeness (QED) is 0.782. The fourth-order valence-corrected chi connectivity index (χ4v) is 2.04. The Hall–Kier alpha value is -1.91. The molecule has 0 aromatic carbocycles. The first-order chi connectivity index (χ1) is 8.75. The van der Waals surface area contributed by atoms with Crippen molar-refractivity contribution in [2.45, 2.75) is 32.1 Å². The standard InChI is InChI=1S/C13H17N3O2/c17-13(18)11-8-14-9-12(16-11)15-7-6-10-4-2-1-3-5-10/h4,8-9H,1-3,5-7H2,(H,15,16)(H,17,18). The zero-order valence-corrected chi connectivity index (χ0v) is 10.2. The highest BCUT2D eigenvalue weighted by atomic mass is 16.4. The molecule has 0 saturated carbocycles. The number of nitrogens with one attached hydrogen (secondary N) is 1. The van der Waals surface area contributed by atoms with Gasteiger partial charge in [-0.1, -0.05) is 11.6 Å². The van der Waals surface area contributed by atoms with E-state index in [9.17, 15) is 4.79 Å². The Morgan fingerprint density at radius 1 is 1.39 bits per heavy atom. The molecule has 1 aliphatic rings. The van der Waals surface area contributed by atoms with Gasteiger partial charge >= 0.3 is 5.97 Å². The Morgan fingerprint density at radius 2 is 2.28 bits per heavy atom. The van der Waals surface area contributed by atoms with Gasteiger partial charge in [0.25, 0.3) is 0 Å². The molecular formula is C13H17N3O2. The number of carbonyl (C=O) groups is 1. The summed E-state index contributed by atoms with van der Waals surface area (Å²) in [5.74, 6) is -0.535. The van der Waals surface area contributed by atoms with Gasteiger partial charge in [-0.2, -0.15) is 0 Å². The molecule has 1 aromatic heterocycles. The van der Waals surface area contributed by atoms with Gasteiger partial charge in [0.2, 0.25) is 0 Å². The summed E-state index contributed by atoms with van der Waals surface area (Å²) in [4.78, 5) is 18.5. The fraction of sp³-hybridized carbons (Fsp3) is 0.462. The highest BCUT2D eigenvalue weighted by Gasteiger charge is 2.06. The van der Waals surface area contributed by atoms with E-state index in [2.05, 4.69) is 21.4 Å². The summed E-state index contributed by atoms with van der Waals surface area (Å²) < 4.78 is 0. The summed E-state index contributed by atoms with van der Waals surface area (Å²) in [6, 6.07) is 0. The third kappa shape index (κ3) is 3.55. The summed E-state index contributed by atoms with van der Waals surface area (Å²) in [5, 5.41) is 11.9. The van der Waals surface area contributed by atoms with Crippen LogP contribution in [0.15, 0.2) is 24.0 Å². The Labute approximate surface area is 106 Å². The van der Waals surface area contributed by atoms with Gasteiger partial charge in [-0.25, -0.2) is 9.78 Å². The molecule has 1 heterocycles. The second-order valence-corrected chi connectivity index (χ2v) is 4.38. The molecule has 0 amide bonds. The van der Waals surface area contributed by atoms with Crippen LogP contribution in [0.5, 0.6) is 0 Å². The largest absolute Gasteiger partial charge is 0.476 e. The lowest BCUT2D eigenvalue weighted by molar-refractivity contribution is 0.0690. The SMILES string of the molecule is O=C(O)c1cncc(NCCC2=CCCCC2)n1. The molecule has 18 heavy (non-hydrogen) atoms. The van der Waals surface area contributed by atoms with Crippen molar-refractivity contribution in [3.8, 4) is 0 Å². The number of aromatic carboxylic acids is 1. The summed E-state index contributed by atoms with van der Waals surface area (Å²) >= 11 is 0. The molecule has 2 rings (SSSR count). The third-order valence-electron chi connectivity index (χ3n) is 2.99. The number of hydrogen-bond acceptors (Lipinski definition) is 4. The van der Waals surface area contributed by atoms with Crippen molar-refractivity contribution in [2.75, 3.05) is 11.9 Å². The molecule has 0 unspecified atom stereocenters. The van der Waals surface area contributed by atoms with E-state index >= 15 is 0 Å². The van der Waals surface area contributed by atoms with Crippen LogP contribution in [0, 0.1) is 0 Å². The van der Waals surface area contributed by atoms with Crippen LogP contribution in [0.25, 0.3) is 0 Å². The molecular weight excluding hydrogens is 230 g/mol. The van der Waals surface area contributed by atoms with E-state index in [1.807, 2.05) is 0 Å². The number of carboxylic acid groups (broad SMARTS) is 1. The number of nitrogens with zero attached hydrogens (tertiary/aromatic N) is 2. The van der Waals surface area contributed by atoms with E-state index in [1.165, 1.54) is 37.5 Å². The minimum absolute atomic E-state index is 0.0307. The molecule has 0 bridgehead atoms. The van der Waals surface area contributed by atoms with Crippen LogP contribution in [-0.2, 0) is 0 Å². The van der Waals surface area contributed by atoms with Crippen LogP contribution in [0.2, 0.25) is 0 Å². The molecule has 96 valence electrons. The summed E-state index contributed by atoms with van der Waals surface area (Å²) in [7, 11) is 0. The van der Waals surface area contributed by atoms with Gasteiger partial charge < -0.3 is 10.4 Å². The highest BCUT2D eigenvalue weighted by molar-refractivity contribution is 5.85. The zero-order valence-electron chi connectivity index (χ0n) is 10.2. The second-order valence-electron chi connectivity index (χ2n) is 4.38. The van der Waals surface area contributed by atoms with Crippen molar-refractivity contribution in [3.63, 3.8) is 0 Å². The number of anilines is 1. The number of allylic oxidation sites excluding steroid dienone is 1. The lowest BCUT2D eigenvalue weighted by atomic mass is 9.97. The summed E-state index contributed by atoms with van der Waals surface area (Å²) in [6.45, 7) is 0.767. The molecule has 1 aromatic rings. The predicted molar refractivity (Wildman–Crippen MR) is 68.6 cm³/mol. The maximum Gasteiger partial charge on any atom is 0.356 e. The van der Waals surface area contributed by atoms with Gasteiger partial charge in [-0.05, 0) is 32.1 Å². The molecule has 0 atom stereocenters. The minimum Gasteiger partial charge on any atom is -0.476 e. The lowest BCUT2D eigenvalue weighted by Crippen LogP contribution is -2.09. The molecule has 0 saturated heterocycles. The van der Waals surface area contributed by atoms with Crippen LogP contribution in [0.3, 0.4) is 0 Å². The van der Waals surface area contributed by atoms with Crippen LogP contribution < -0.4 is 5.32 Å². The van der Waals surface area contributed by atoms with E-state index < -0.39 is 5.97 Å². The van der Waals surface area contributed by atoms with Crippen molar-refractivity contribution < 1.29 is 9.90 Å². The van der Waals surface area contributed by atoms with Crippen LogP contribution in [0.1, 0.15) is 42.6 Å². The Morgan fingerprint density at radius 3 is 3.00 bits per heavy atom. The molecule has 0 fully saturated rings. The van der Waals surface area contributed by atoms with Crippen LogP contribution in [-0.4, -0.2) is 27.6 Å². The Kier molecular flexibility index (Phi) is 4.28. The van der Waals surface area contributed by atoms with Crippen molar-refractivity contribution in [2.24, 2.45) is 0 Å². The molecule has 0 aliphatic heterocycles. The van der Waals surface area contributed by atoms with Crippen LogP contribution in [0.4, 0.5) is 5.82 Å². The topological polar surface area (TPSA) is 75.1 Å². The average molecular weight is 247 g/mol. The number of carboxylic acids is 1. The molecule has 0 radical (unpaired) electrons. The summed E-state index contributed by atoms with van der Waals surface area (Å²) in [5.41, 5.74) is 1.45. The fourth-order valence-electron chi connectivity index (χ4n) is 2.04. The molecule has 5 heteroatoms. The van der Waals surface area contributed by atoms with E-state index in [1.54, 1.807) is 6.20 Å². The van der Waals surface area contributed by atoms with Crippen molar-refractivity contribution in [1.82, 2.24) is 9.97 Å². The first-order valence-corrected chi connectivity index (χ1v) is 6.23. The van der Waals surface area contributed by atoms with E-state index in [0.717, 1.165) is 13.0 Å². The normalized spacial score (nSPS) is 15.0. The van der Waals surface area contributed by atoms with Gasteiger partial charge in [-0.3, -0.25) is 4.98 Å². The van der Waals surface area contributed by atoms with Crippen molar-refractivity contribution >= 4 is 11.8 Å². The van der Waals surface area contributed by atoms with Gasteiger partial charge in [0.1, 0.15) is 5.82 Å². The van der Waals surface area contributed by atoms with Gasteiger partial charge in [0.15, 0.2) is 5.69 Å². The van der Waals surface area contributed by atoms with E-state index in [-0.39, 0.29) is 5.69 Å². The lowest BCUT2D eigenvalue weighted by Gasteiger charge is -2.13. The summed E-state index contributed by atoms with van der Waals surface area (Å²) in [6.07, 6.45) is 11.0. The van der Waals surface area contributed by atoms with Gasteiger partial charge in [0.05, 0.1) is 12.4 Å². The van der Waals surface area contributed by atoms with Gasteiger partial charge in [-0.15, -0.1) is 0 Å². The second kappa shape index (κ2) is 6.14. The number of rotatable bonds is 5. The van der Waals surface area contributed by atoms with Crippen LogP contribution >= 0.6 is 0 Å². The van der Waals surface area contributed by atoms with E-state index in [0.29, 0.717) is 5.82 Å². The van der Waals surface area contributed by atoms with Gasteiger partial charge in [0, 0.05) is 6.54 Å². The zero-order chi connectivity index (χ0) is 12.8. The van der Waals surface area contributed by atoms with Crippen molar-refractivity contribution in [3.05, 3.63) is 29.7 Å². The first-order valence-electron chi connectivity index (χ1n) is 6.23. The monoisotopic (exact) mass is 247 g/mol. The Balaban J connectivity index is 1.84. The third-order valence-corrected chi connectivity index (χ3v) is 2.99. The average Bonchev–Trinajstić information content (AvgIpc) is 2.40. The van der Waals surface area contributed by atoms with E-state index in [4.69, 9.17) is 5.11 Å².